The van der Waals surface area contributed by atoms with Gasteiger partial charge in [0.15, 0.2) is 5.78 Å². The molecule has 5 nitrogen and oxygen atoms in total. The van der Waals surface area contributed by atoms with E-state index < -0.39 is 6.61 Å². The van der Waals surface area contributed by atoms with E-state index in [4.69, 9.17) is 5.11 Å². The summed E-state index contributed by atoms with van der Waals surface area (Å²) in [5.41, 5.74) is 2.63. The number of rotatable bonds is 3. The minimum absolute atomic E-state index is 0.166. The Balaban J connectivity index is 2.09. The number of benzene rings is 2. The number of fused-ring (bicyclic) bond motifs is 1. The van der Waals surface area contributed by atoms with Crippen LogP contribution in [0.4, 0.5) is 0 Å². The molecule has 0 aliphatic rings. The summed E-state index contributed by atoms with van der Waals surface area (Å²) in [4.78, 5) is 19.0. The number of aliphatic hydroxyl groups excluding tert-OH is 1. The Morgan fingerprint density at radius 3 is 2.80 bits per heavy atom. The second-order valence-corrected chi connectivity index (χ2v) is 4.45. The van der Waals surface area contributed by atoms with Crippen molar-refractivity contribution in [3.63, 3.8) is 0 Å². The monoisotopic (exact) mass is 268 g/mol. The lowest BCUT2D eigenvalue weighted by molar-refractivity contribution is 0.0904. The third-order valence-electron chi connectivity index (χ3n) is 3.07. The van der Waals surface area contributed by atoms with Crippen molar-refractivity contribution >= 4 is 16.8 Å². The molecule has 0 radical (unpaired) electrons. The maximum atomic E-state index is 11.5. The molecule has 0 saturated carbocycles. The first-order valence-corrected chi connectivity index (χ1v) is 6.10. The number of carbonyl (C=O) groups is 1. The van der Waals surface area contributed by atoms with Crippen molar-refractivity contribution in [3.8, 4) is 17.1 Å². The summed E-state index contributed by atoms with van der Waals surface area (Å²) in [6, 6.07) is 11.8. The Hall–Kier alpha value is -2.66. The predicted molar refractivity (Wildman–Crippen MR) is 74.6 cm³/mol. The van der Waals surface area contributed by atoms with Crippen LogP contribution in [0.5, 0.6) is 5.75 Å². The molecule has 0 aliphatic heterocycles. The highest BCUT2D eigenvalue weighted by molar-refractivity contribution is 5.99. The van der Waals surface area contributed by atoms with E-state index in [1.165, 1.54) is 0 Å². The number of phenols is 1. The maximum absolute atomic E-state index is 11.5. The van der Waals surface area contributed by atoms with Crippen LogP contribution in [0.25, 0.3) is 22.4 Å². The molecule has 3 N–H and O–H groups in total. The zero-order valence-corrected chi connectivity index (χ0v) is 10.5. The van der Waals surface area contributed by atoms with E-state index in [9.17, 15) is 9.90 Å². The molecule has 0 aliphatic carbocycles. The van der Waals surface area contributed by atoms with Gasteiger partial charge in [0.25, 0.3) is 0 Å². The number of Topliss-reactive ketones (excluding diaryl/α,β-unsaturated/α-hetero) is 1. The van der Waals surface area contributed by atoms with Crippen molar-refractivity contribution in [1.82, 2.24) is 9.97 Å². The van der Waals surface area contributed by atoms with Gasteiger partial charge in [0.1, 0.15) is 18.2 Å². The zero-order valence-electron chi connectivity index (χ0n) is 10.5. The molecule has 0 fully saturated rings. The van der Waals surface area contributed by atoms with Crippen molar-refractivity contribution in [2.75, 3.05) is 6.61 Å². The van der Waals surface area contributed by atoms with Gasteiger partial charge in [-0.2, -0.15) is 0 Å². The lowest BCUT2D eigenvalue weighted by atomic mass is 10.1. The molecule has 0 amide bonds. The standard InChI is InChI=1S/C15H12N2O3/c18-8-14(20)9-4-5-12-13(7-9)17-15(16-12)10-2-1-3-11(19)6-10/h1-7,18-19H,8H2,(H,16,17). The second-order valence-electron chi connectivity index (χ2n) is 4.45. The number of aromatic hydroxyl groups is 1. The van der Waals surface area contributed by atoms with Crippen LogP contribution in [0, 0.1) is 0 Å². The fraction of sp³-hybridized carbons (Fsp3) is 0.0667. The molecule has 3 rings (SSSR count). The summed E-state index contributed by atoms with van der Waals surface area (Å²) in [6.07, 6.45) is 0. The third-order valence-corrected chi connectivity index (χ3v) is 3.07. The van der Waals surface area contributed by atoms with Crippen LogP contribution in [-0.2, 0) is 0 Å². The van der Waals surface area contributed by atoms with Gasteiger partial charge < -0.3 is 15.2 Å². The van der Waals surface area contributed by atoms with E-state index in [0.717, 1.165) is 11.1 Å². The number of nitrogens with one attached hydrogen (secondary N) is 1. The average Bonchev–Trinajstić information content (AvgIpc) is 2.89. The van der Waals surface area contributed by atoms with Gasteiger partial charge in [0.05, 0.1) is 11.0 Å². The van der Waals surface area contributed by atoms with Crippen LogP contribution in [0.1, 0.15) is 10.4 Å². The molecular weight excluding hydrogens is 256 g/mol. The Morgan fingerprint density at radius 1 is 1.20 bits per heavy atom. The molecule has 0 spiro atoms. The summed E-state index contributed by atoms with van der Waals surface area (Å²) < 4.78 is 0. The van der Waals surface area contributed by atoms with Crippen molar-refractivity contribution in [3.05, 3.63) is 48.0 Å². The number of hydrogen-bond acceptors (Lipinski definition) is 4. The average molecular weight is 268 g/mol. The van der Waals surface area contributed by atoms with E-state index in [2.05, 4.69) is 9.97 Å². The molecule has 0 atom stereocenters. The minimum Gasteiger partial charge on any atom is -0.508 e. The third kappa shape index (κ3) is 2.15. The van der Waals surface area contributed by atoms with Crippen molar-refractivity contribution < 1.29 is 15.0 Å². The highest BCUT2D eigenvalue weighted by Crippen LogP contribution is 2.24. The van der Waals surface area contributed by atoms with Crippen LogP contribution >= 0.6 is 0 Å². The number of aromatic nitrogens is 2. The smallest absolute Gasteiger partial charge is 0.188 e. The summed E-state index contributed by atoms with van der Waals surface area (Å²) in [5.74, 6) is 0.448. The van der Waals surface area contributed by atoms with Gasteiger partial charge in [-0.15, -0.1) is 0 Å². The highest BCUT2D eigenvalue weighted by atomic mass is 16.3. The molecule has 1 aromatic heterocycles. The largest absolute Gasteiger partial charge is 0.508 e. The molecule has 1 heterocycles. The first kappa shape index (κ1) is 12.4. The number of imidazole rings is 1. The van der Waals surface area contributed by atoms with Gasteiger partial charge in [-0.05, 0) is 30.3 Å². The van der Waals surface area contributed by atoms with Gasteiger partial charge in [0, 0.05) is 11.1 Å². The van der Waals surface area contributed by atoms with E-state index >= 15 is 0 Å². The quantitative estimate of drug-likeness (QED) is 0.635. The van der Waals surface area contributed by atoms with E-state index in [1.54, 1.807) is 36.4 Å². The zero-order chi connectivity index (χ0) is 14.1. The van der Waals surface area contributed by atoms with Crippen LogP contribution < -0.4 is 0 Å². The SMILES string of the molecule is O=C(CO)c1ccc2nc(-c3cccc(O)c3)[nH]c2c1. The molecule has 100 valence electrons. The van der Waals surface area contributed by atoms with E-state index in [0.29, 0.717) is 16.9 Å². The van der Waals surface area contributed by atoms with E-state index in [-0.39, 0.29) is 11.5 Å². The first-order valence-electron chi connectivity index (χ1n) is 6.10. The minimum atomic E-state index is -0.515. The number of hydrogen-bond donors (Lipinski definition) is 3. The fourth-order valence-electron chi connectivity index (χ4n) is 2.06. The van der Waals surface area contributed by atoms with Crippen LogP contribution in [0.2, 0.25) is 0 Å². The molecule has 0 saturated heterocycles. The number of aliphatic hydroxyl groups is 1. The summed E-state index contributed by atoms with van der Waals surface area (Å²) in [7, 11) is 0. The Kier molecular flexibility index (Phi) is 2.96. The Labute approximate surface area is 114 Å². The van der Waals surface area contributed by atoms with Crippen molar-refractivity contribution in [2.45, 2.75) is 0 Å². The van der Waals surface area contributed by atoms with Gasteiger partial charge in [-0.3, -0.25) is 4.79 Å². The number of aromatic amines is 1. The van der Waals surface area contributed by atoms with Gasteiger partial charge >= 0.3 is 0 Å². The number of nitrogens with zero attached hydrogens (tertiary/aromatic N) is 1. The van der Waals surface area contributed by atoms with Gasteiger partial charge in [-0.25, -0.2) is 4.98 Å². The van der Waals surface area contributed by atoms with Crippen LogP contribution in [0.3, 0.4) is 0 Å². The molecular formula is C15H12N2O3. The molecule has 2 aromatic carbocycles. The summed E-state index contributed by atoms with van der Waals surface area (Å²) in [6.45, 7) is -0.515. The summed E-state index contributed by atoms with van der Waals surface area (Å²) >= 11 is 0. The first-order chi connectivity index (χ1) is 9.67. The maximum Gasteiger partial charge on any atom is 0.188 e. The number of ketones is 1. The van der Waals surface area contributed by atoms with Gasteiger partial charge in [0.2, 0.25) is 0 Å². The predicted octanol–water partition coefficient (Wildman–Crippen LogP) is 2.11. The summed E-state index contributed by atoms with van der Waals surface area (Å²) in [5, 5.41) is 18.4. The highest BCUT2D eigenvalue weighted by Gasteiger charge is 2.09. The molecule has 20 heavy (non-hydrogen) atoms. The number of carbonyl (C=O) groups excluding carboxylic acids is 1. The Morgan fingerprint density at radius 2 is 2.05 bits per heavy atom. The second kappa shape index (κ2) is 4.79. The van der Waals surface area contributed by atoms with Gasteiger partial charge in [-0.1, -0.05) is 12.1 Å². The number of H-pyrrole nitrogens is 1. The molecule has 0 unspecified atom stereocenters. The van der Waals surface area contributed by atoms with Crippen LogP contribution in [-0.4, -0.2) is 32.6 Å². The topological polar surface area (TPSA) is 86.2 Å². The number of phenolic OH excluding ortho intramolecular Hbond substituents is 1. The van der Waals surface area contributed by atoms with E-state index in [1.807, 2.05) is 6.07 Å². The molecule has 3 aromatic rings. The fourth-order valence-corrected chi connectivity index (χ4v) is 2.06. The lowest BCUT2D eigenvalue weighted by Gasteiger charge is -1.97. The molecule has 0 bridgehead atoms. The lowest BCUT2D eigenvalue weighted by Crippen LogP contribution is -2.03. The normalized spacial score (nSPS) is 10.8. The van der Waals surface area contributed by atoms with Crippen molar-refractivity contribution in [2.24, 2.45) is 0 Å². The Bertz CT molecular complexity index is 793. The van der Waals surface area contributed by atoms with Crippen molar-refractivity contribution in [1.29, 1.82) is 0 Å². The van der Waals surface area contributed by atoms with Crippen LogP contribution in [0.15, 0.2) is 42.5 Å². The molecule has 5 heteroatoms.